The number of fused-ring (bicyclic) bond motifs is 2. The Labute approximate surface area is 217 Å². The van der Waals surface area contributed by atoms with Gasteiger partial charge in [-0.1, -0.05) is 48.5 Å². The molecule has 1 aliphatic heterocycles. The molecule has 0 aliphatic carbocycles. The van der Waals surface area contributed by atoms with Crippen molar-refractivity contribution >= 4 is 52.5 Å². The molecule has 0 radical (unpaired) electrons. The fraction of sp³-hybridized carbons (Fsp3) is 0.296. The lowest BCUT2D eigenvalue weighted by Gasteiger charge is -2.27. The molecule has 3 amide bonds. The van der Waals surface area contributed by atoms with Gasteiger partial charge in [-0.05, 0) is 54.9 Å². The number of benzene rings is 3. The maximum absolute atomic E-state index is 14.0. The second-order valence-corrected chi connectivity index (χ2v) is 8.65. The van der Waals surface area contributed by atoms with Gasteiger partial charge in [-0.3, -0.25) is 14.5 Å². The van der Waals surface area contributed by atoms with Crippen molar-refractivity contribution < 1.29 is 19.1 Å². The molecule has 0 fully saturated rings. The van der Waals surface area contributed by atoms with Crippen molar-refractivity contribution in [2.75, 3.05) is 30.5 Å². The quantitative estimate of drug-likeness (QED) is 0.545. The number of ether oxygens (including phenoxy) is 1. The van der Waals surface area contributed by atoms with Gasteiger partial charge in [0.05, 0.1) is 37.6 Å². The third kappa shape index (κ3) is 5.15. The van der Waals surface area contributed by atoms with Gasteiger partial charge in [0.25, 0.3) is 5.91 Å². The van der Waals surface area contributed by atoms with E-state index in [1.54, 1.807) is 24.9 Å². The molecule has 3 aromatic rings. The second kappa shape index (κ2) is 11.4. The van der Waals surface area contributed by atoms with E-state index in [1.807, 2.05) is 55.5 Å². The van der Waals surface area contributed by atoms with Crippen molar-refractivity contribution in [2.45, 2.75) is 32.5 Å². The van der Waals surface area contributed by atoms with Crippen molar-refractivity contribution in [3.63, 3.8) is 0 Å². The van der Waals surface area contributed by atoms with Gasteiger partial charge in [0.15, 0.2) is 0 Å². The third-order valence-electron chi connectivity index (χ3n) is 6.52. The Kier molecular flexibility index (Phi) is 8.55. The number of carbonyl (C=O) groups excluding carboxylic acids is 3. The van der Waals surface area contributed by atoms with Crippen LogP contribution in [0.2, 0.25) is 0 Å². The molecular weight excluding hydrogens is 480 g/mol. The van der Waals surface area contributed by atoms with Gasteiger partial charge in [0.1, 0.15) is 6.04 Å². The van der Waals surface area contributed by atoms with E-state index < -0.39 is 18.2 Å². The molecule has 2 atom stereocenters. The lowest BCUT2D eigenvalue weighted by molar-refractivity contribution is -0.128. The van der Waals surface area contributed by atoms with Gasteiger partial charge in [-0.2, -0.15) is 0 Å². The average Bonchev–Trinajstić information content (AvgIpc) is 2.99. The first-order valence-electron chi connectivity index (χ1n) is 11.6. The monoisotopic (exact) mass is 510 g/mol. The minimum absolute atomic E-state index is 0. The summed E-state index contributed by atoms with van der Waals surface area (Å²) in [6.45, 7) is 3.97. The van der Waals surface area contributed by atoms with Crippen LogP contribution in [0.4, 0.5) is 16.2 Å². The Morgan fingerprint density at radius 2 is 1.72 bits per heavy atom. The number of para-hydroxylation sites is 2. The number of amides is 3. The Balaban J connectivity index is 0.00000361. The largest absolute Gasteiger partial charge is 0.452 e. The topological polar surface area (TPSA) is 91.0 Å². The van der Waals surface area contributed by atoms with E-state index >= 15 is 0 Å². The number of rotatable bonds is 5. The first-order chi connectivity index (χ1) is 16.8. The van der Waals surface area contributed by atoms with E-state index in [2.05, 4.69) is 16.7 Å². The Bertz CT molecular complexity index is 1280. The van der Waals surface area contributed by atoms with Crippen LogP contribution in [-0.4, -0.2) is 50.7 Å². The predicted molar refractivity (Wildman–Crippen MR) is 144 cm³/mol. The number of aryl methyl sites for hydroxylation is 1. The molecule has 0 bridgehead atoms. The number of halogens is 1. The fourth-order valence-corrected chi connectivity index (χ4v) is 4.38. The summed E-state index contributed by atoms with van der Waals surface area (Å²) in [6.07, 6.45) is -0.602. The Morgan fingerprint density at radius 1 is 1.06 bits per heavy atom. The van der Waals surface area contributed by atoms with Crippen LogP contribution in [0.25, 0.3) is 10.8 Å². The first kappa shape index (κ1) is 27.0. The minimum atomic E-state index is -0.958. The highest BCUT2D eigenvalue weighted by atomic mass is 35.5. The van der Waals surface area contributed by atoms with Gasteiger partial charge in [0, 0.05) is 0 Å². The summed E-state index contributed by atoms with van der Waals surface area (Å²) < 4.78 is 5.02. The number of carbonyl (C=O) groups is 3. The molecule has 36 heavy (non-hydrogen) atoms. The fourth-order valence-electron chi connectivity index (χ4n) is 4.38. The standard InChI is InChI=1S/C27H30N4O4.ClH/c1-17-13-14-19-9-5-6-10-20(19)21(17)15-30-23-11-7-8-12-24(23)31(27(34)35-4)16-22(26(30)33)29-25(32)18(2)28-3;/h5-14,18,22,28H,15-16H2,1-4H3,(H,29,32);1H/t18-,22-;/m0./s1. The van der Waals surface area contributed by atoms with Crippen molar-refractivity contribution in [3.05, 3.63) is 71.8 Å². The molecule has 0 saturated heterocycles. The summed E-state index contributed by atoms with van der Waals surface area (Å²) in [5.74, 6) is -0.629. The summed E-state index contributed by atoms with van der Waals surface area (Å²) in [7, 11) is 2.97. The van der Waals surface area contributed by atoms with Gasteiger partial charge in [0.2, 0.25) is 5.91 Å². The highest BCUT2D eigenvalue weighted by Crippen LogP contribution is 2.35. The molecule has 190 valence electrons. The van der Waals surface area contributed by atoms with Crippen LogP contribution in [0.15, 0.2) is 60.7 Å². The lowest BCUT2D eigenvalue weighted by Crippen LogP contribution is -2.55. The van der Waals surface area contributed by atoms with Crippen LogP contribution in [-0.2, 0) is 20.9 Å². The number of likely N-dealkylation sites (N-methyl/N-ethyl adjacent to an activating group) is 1. The molecule has 9 heteroatoms. The third-order valence-corrected chi connectivity index (χ3v) is 6.52. The summed E-state index contributed by atoms with van der Waals surface area (Å²) in [4.78, 5) is 42.5. The minimum Gasteiger partial charge on any atom is -0.452 e. The number of methoxy groups -OCH3 is 1. The first-order valence-corrected chi connectivity index (χ1v) is 11.6. The van der Waals surface area contributed by atoms with E-state index in [4.69, 9.17) is 4.74 Å². The van der Waals surface area contributed by atoms with E-state index in [9.17, 15) is 14.4 Å². The number of anilines is 2. The van der Waals surface area contributed by atoms with E-state index in [0.717, 1.165) is 21.9 Å². The number of hydrogen-bond acceptors (Lipinski definition) is 5. The molecular formula is C27H31ClN4O4. The summed E-state index contributed by atoms with van der Waals surface area (Å²) in [5, 5.41) is 7.84. The number of nitrogens with zero attached hydrogens (tertiary/aromatic N) is 2. The zero-order chi connectivity index (χ0) is 25.1. The molecule has 2 N–H and O–H groups in total. The molecule has 0 saturated carbocycles. The molecule has 1 heterocycles. The van der Waals surface area contributed by atoms with Crippen LogP contribution < -0.4 is 20.4 Å². The predicted octanol–water partition coefficient (Wildman–Crippen LogP) is 3.78. The van der Waals surface area contributed by atoms with Gasteiger partial charge in [-0.15, -0.1) is 12.4 Å². The number of hydrogen-bond donors (Lipinski definition) is 2. The smallest absolute Gasteiger partial charge is 0.414 e. The zero-order valence-electron chi connectivity index (χ0n) is 20.8. The molecule has 1 aliphatic rings. The van der Waals surface area contributed by atoms with Gasteiger partial charge >= 0.3 is 6.09 Å². The highest BCUT2D eigenvalue weighted by molar-refractivity contribution is 6.07. The lowest BCUT2D eigenvalue weighted by atomic mass is 9.99. The van der Waals surface area contributed by atoms with E-state index in [-0.39, 0.29) is 37.3 Å². The van der Waals surface area contributed by atoms with Crippen molar-refractivity contribution in [2.24, 2.45) is 0 Å². The number of nitrogens with one attached hydrogen (secondary N) is 2. The van der Waals surface area contributed by atoms with E-state index in [0.29, 0.717) is 11.4 Å². The highest BCUT2D eigenvalue weighted by Gasteiger charge is 2.38. The van der Waals surface area contributed by atoms with Crippen LogP contribution >= 0.6 is 12.4 Å². The van der Waals surface area contributed by atoms with Crippen molar-refractivity contribution in [1.82, 2.24) is 10.6 Å². The van der Waals surface area contributed by atoms with Crippen LogP contribution in [0.5, 0.6) is 0 Å². The van der Waals surface area contributed by atoms with Crippen LogP contribution in [0.3, 0.4) is 0 Å². The average molecular weight is 511 g/mol. The molecule has 4 rings (SSSR count). The summed E-state index contributed by atoms with van der Waals surface area (Å²) in [6, 6.07) is 17.9. The molecule has 0 aromatic heterocycles. The Hall–Kier alpha value is -3.62. The molecule has 8 nitrogen and oxygen atoms in total. The molecule has 0 spiro atoms. The van der Waals surface area contributed by atoms with Crippen LogP contribution in [0.1, 0.15) is 18.1 Å². The SMILES string of the molecule is CN[C@@H](C)C(=O)N[C@H]1CN(C(=O)OC)c2ccccc2N(Cc2c(C)ccc3ccccc23)C1=O.Cl. The second-order valence-electron chi connectivity index (χ2n) is 8.65. The van der Waals surface area contributed by atoms with Crippen molar-refractivity contribution in [1.29, 1.82) is 0 Å². The molecule has 3 aromatic carbocycles. The van der Waals surface area contributed by atoms with Gasteiger partial charge in [-0.25, -0.2) is 4.79 Å². The van der Waals surface area contributed by atoms with E-state index in [1.165, 1.54) is 12.0 Å². The molecule has 0 unspecified atom stereocenters. The maximum Gasteiger partial charge on any atom is 0.414 e. The zero-order valence-corrected chi connectivity index (χ0v) is 21.6. The summed E-state index contributed by atoms with van der Waals surface area (Å²) >= 11 is 0. The van der Waals surface area contributed by atoms with Crippen LogP contribution in [0, 0.1) is 6.92 Å². The normalized spacial score (nSPS) is 16.0. The van der Waals surface area contributed by atoms with Gasteiger partial charge < -0.3 is 20.3 Å². The maximum atomic E-state index is 14.0. The Morgan fingerprint density at radius 3 is 2.42 bits per heavy atom. The van der Waals surface area contributed by atoms with Crippen molar-refractivity contribution in [3.8, 4) is 0 Å². The summed E-state index contributed by atoms with van der Waals surface area (Å²) in [5.41, 5.74) is 3.18.